The van der Waals surface area contributed by atoms with Gasteiger partial charge in [0.25, 0.3) is 0 Å². The van der Waals surface area contributed by atoms with E-state index in [0.29, 0.717) is 0 Å². The molecule has 0 N–H and O–H groups in total. The molecule has 0 fully saturated rings. The molecular weight excluding hydrogens is 232 g/mol. The van der Waals surface area contributed by atoms with Crippen LogP contribution in [0.4, 0.5) is 0 Å². The van der Waals surface area contributed by atoms with Crippen LogP contribution in [0.3, 0.4) is 0 Å². The largest absolute Gasteiger partial charge is 0.497 e. The molecule has 0 radical (unpaired) electrons. The molecule has 0 atom stereocenters. The van der Waals surface area contributed by atoms with Crippen LogP contribution < -0.4 is 4.74 Å². The predicted molar refractivity (Wildman–Crippen MR) is 79.6 cm³/mol. The summed E-state index contributed by atoms with van der Waals surface area (Å²) in [4.78, 5) is 0. The highest BCUT2D eigenvalue weighted by atomic mass is 16.5. The number of hydrogen-bond acceptors (Lipinski definition) is 1. The molecule has 0 unspecified atom stereocenters. The molecule has 0 bridgehead atoms. The monoisotopic (exact) mass is 250 g/mol. The minimum Gasteiger partial charge on any atom is -0.497 e. The summed E-state index contributed by atoms with van der Waals surface area (Å²) in [6, 6.07) is 12.2. The quantitative estimate of drug-likeness (QED) is 0.695. The van der Waals surface area contributed by atoms with E-state index < -0.39 is 0 Å². The Bertz CT molecular complexity index is 657. The number of rotatable bonds is 1. The van der Waals surface area contributed by atoms with Crippen molar-refractivity contribution in [3.8, 4) is 17.6 Å². The van der Waals surface area contributed by atoms with Gasteiger partial charge in [-0.3, -0.25) is 0 Å². The lowest BCUT2D eigenvalue weighted by Gasteiger charge is -2.02. The molecule has 0 saturated carbocycles. The summed E-state index contributed by atoms with van der Waals surface area (Å²) >= 11 is 0. The third-order valence-electron chi connectivity index (χ3n) is 3.28. The van der Waals surface area contributed by atoms with Crippen LogP contribution in [0.25, 0.3) is 0 Å². The van der Waals surface area contributed by atoms with Gasteiger partial charge in [0.05, 0.1) is 7.11 Å². The van der Waals surface area contributed by atoms with Crippen LogP contribution >= 0.6 is 0 Å². The van der Waals surface area contributed by atoms with Crippen LogP contribution in [-0.4, -0.2) is 7.11 Å². The fourth-order valence-corrected chi connectivity index (χ4v) is 1.86. The van der Waals surface area contributed by atoms with Crippen LogP contribution in [0.15, 0.2) is 36.4 Å². The van der Waals surface area contributed by atoms with E-state index in [1.165, 1.54) is 11.1 Å². The van der Waals surface area contributed by atoms with Crippen molar-refractivity contribution in [1.29, 1.82) is 0 Å². The van der Waals surface area contributed by atoms with Crippen molar-refractivity contribution in [3.05, 3.63) is 64.2 Å². The Morgan fingerprint density at radius 2 is 1.58 bits per heavy atom. The fraction of sp³-hybridized carbons (Fsp3) is 0.222. The maximum Gasteiger partial charge on any atom is 0.119 e. The molecule has 0 heterocycles. The van der Waals surface area contributed by atoms with Gasteiger partial charge >= 0.3 is 0 Å². The maximum atomic E-state index is 5.19. The topological polar surface area (TPSA) is 9.23 Å². The van der Waals surface area contributed by atoms with Gasteiger partial charge in [-0.15, -0.1) is 0 Å². The van der Waals surface area contributed by atoms with Gasteiger partial charge in [0.2, 0.25) is 0 Å². The van der Waals surface area contributed by atoms with Crippen molar-refractivity contribution in [1.82, 2.24) is 0 Å². The van der Waals surface area contributed by atoms with Crippen LogP contribution in [0.2, 0.25) is 0 Å². The van der Waals surface area contributed by atoms with E-state index in [2.05, 4.69) is 43.9 Å². The molecule has 1 heteroatoms. The summed E-state index contributed by atoms with van der Waals surface area (Å²) in [5, 5.41) is 0. The minimum absolute atomic E-state index is 0.870. The van der Waals surface area contributed by atoms with Gasteiger partial charge in [0.15, 0.2) is 0 Å². The van der Waals surface area contributed by atoms with Gasteiger partial charge in [-0.25, -0.2) is 0 Å². The Kier molecular flexibility index (Phi) is 3.92. The molecule has 19 heavy (non-hydrogen) atoms. The van der Waals surface area contributed by atoms with Crippen molar-refractivity contribution in [3.63, 3.8) is 0 Å². The van der Waals surface area contributed by atoms with Gasteiger partial charge in [-0.2, -0.15) is 0 Å². The zero-order valence-corrected chi connectivity index (χ0v) is 11.9. The molecule has 0 aliphatic heterocycles. The average molecular weight is 250 g/mol. The Hall–Kier alpha value is -2.20. The molecule has 0 saturated heterocycles. The molecule has 96 valence electrons. The third-order valence-corrected chi connectivity index (χ3v) is 3.28. The fourth-order valence-electron chi connectivity index (χ4n) is 1.86. The smallest absolute Gasteiger partial charge is 0.119 e. The Balaban J connectivity index is 2.31. The average Bonchev–Trinajstić information content (AvgIpc) is 2.41. The van der Waals surface area contributed by atoms with Crippen molar-refractivity contribution in [2.75, 3.05) is 7.11 Å². The molecule has 0 spiro atoms. The van der Waals surface area contributed by atoms with Crippen molar-refractivity contribution in [2.45, 2.75) is 20.8 Å². The first-order valence-electron chi connectivity index (χ1n) is 6.34. The van der Waals surface area contributed by atoms with E-state index in [0.717, 1.165) is 22.4 Å². The van der Waals surface area contributed by atoms with E-state index in [1.54, 1.807) is 7.11 Å². The summed E-state index contributed by atoms with van der Waals surface area (Å²) in [5.74, 6) is 7.31. The standard InChI is InChI=1S/C18H18O/c1-13-5-6-16(11-14(13)2)7-8-17-9-10-18(19-4)12-15(17)3/h5-6,9-12H,1-4H3. The van der Waals surface area contributed by atoms with Crippen LogP contribution in [0.5, 0.6) is 5.75 Å². The normalized spacial score (nSPS) is 9.68. The van der Waals surface area contributed by atoms with Crippen molar-refractivity contribution < 1.29 is 4.74 Å². The van der Waals surface area contributed by atoms with Gasteiger partial charge < -0.3 is 4.74 Å². The van der Waals surface area contributed by atoms with E-state index in [4.69, 9.17) is 4.74 Å². The lowest BCUT2D eigenvalue weighted by Crippen LogP contribution is -1.87. The van der Waals surface area contributed by atoms with Crippen molar-refractivity contribution >= 4 is 0 Å². The molecule has 1 nitrogen and oxygen atoms in total. The van der Waals surface area contributed by atoms with Gasteiger partial charge in [0.1, 0.15) is 5.75 Å². The summed E-state index contributed by atoms with van der Waals surface area (Å²) in [5.41, 5.74) is 5.80. The summed E-state index contributed by atoms with van der Waals surface area (Å²) in [6.07, 6.45) is 0. The summed E-state index contributed by atoms with van der Waals surface area (Å²) < 4.78 is 5.19. The second-order valence-electron chi connectivity index (χ2n) is 4.73. The van der Waals surface area contributed by atoms with E-state index in [-0.39, 0.29) is 0 Å². The third kappa shape index (κ3) is 3.17. The summed E-state index contributed by atoms with van der Waals surface area (Å²) in [7, 11) is 1.68. The number of methoxy groups -OCH3 is 1. The molecule has 0 aliphatic carbocycles. The van der Waals surface area contributed by atoms with Gasteiger partial charge in [0, 0.05) is 11.1 Å². The first-order chi connectivity index (χ1) is 9.10. The van der Waals surface area contributed by atoms with E-state index in [1.807, 2.05) is 25.1 Å². The lowest BCUT2D eigenvalue weighted by atomic mass is 10.1. The zero-order valence-electron chi connectivity index (χ0n) is 11.9. The highest BCUT2D eigenvalue weighted by Crippen LogP contribution is 2.16. The molecule has 0 aromatic heterocycles. The van der Waals surface area contributed by atoms with Crippen LogP contribution in [0, 0.1) is 32.6 Å². The second kappa shape index (κ2) is 5.63. The lowest BCUT2D eigenvalue weighted by molar-refractivity contribution is 0.414. The van der Waals surface area contributed by atoms with E-state index in [9.17, 15) is 0 Å². The molecule has 0 amide bonds. The summed E-state index contributed by atoms with van der Waals surface area (Å²) in [6.45, 7) is 6.27. The number of hydrogen-bond donors (Lipinski definition) is 0. The predicted octanol–water partition coefficient (Wildman–Crippen LogP) is 4.02. The SMILES string of the molecule is COc1ccc(C#Cc2ccc(C)c(C)c2)c(C)c1. The second-order valence-corrected chi connectivity index (χ2v) is 4.73. The molecule has 2 aromatic rings. The first-order valence-corrected chi connectivity index (χ1v) is 6.34. The highest BCUT2D eigenvalue weighted by molar-refractivity contribution is 5.49. The zero-order chi connectivity index (χ0) is 13.8. The Morgan fingerprint density at radius 1 is 0.789 bits per heavy atom. The number of ether oxygens (including phenoxy) is 1. The molecular formula is C18H18O. The van der Waals surface area contributed by atoms with Crippen LogP contribution in [-0.2, 0) is 0 Å². The molecule has 0 aliphatic rings. The maximum absolute atomic E-state index is 5.19. The van der Waals surface area contributed by atoms with Crippen molar-refractivity contribution in [2.24, 2.45) is 0 Å². The first kappa shape index (κ1) is 13.2. The minimum atomic E-state index is 0.870. The highest BCUT2D eigenvalue weighted by Gasteiger charge is 1.97. The van der Waals surface area contributed by atoms with Crippen LogP contribution in [0.1, 0.15) is 27.8 Å². The van der Waals surface area contributed by atoms with Gasteiger partial charge in [-0.05, 0) is 67.8 Å². The Labute approximate surface area is 115 Å². The number of benzene rings is 2. The van der Waals surface area contributed by atoms with E-state index >= 15 is 0 Å². The van der Waals surface area contributed by atoms with Gasteiger partial charge in [-0.1, -0.05) is 17.9 Å². The molecule has 2 rings (SSSR count). The number of aryl methyl sites for hydroxylation is 3. The Morgan fingerprint density at radius 3 is 2.21 bits per heavy atom. The molecule has 2 aromatic carbocycles.